The number of benzene rings is 2. The summed E-state index contributed by atoms with van der Waals surface area (Å²) in [5.41, 5.74) is 2.53. The van der Waals surface area contributed by atoms with E-state index >= 15 is 0 Å². The van der Waals surface area contributed by atoms with Crippen molar-refractivity contribution < 1.29 is 19.1 Å². The number of amides is 2. The lowest BCUT2D eigenvalue weighted by Gasteiger charge is -2.23. The van der Waals surface area contributed by atoms with Crippen LogP contribution in [0.5, 0.6) is 5.75 Å². The number of H-pyrrole nitrogens is 1. The molecular weight excluding hydrogens is 406 g/mol. The number of ether oxygens (including phenoxy) is 2. The van der Waals surface area contributed by atoms with E-state index in [1.807, 2.05) is 48.7 Å². The van der Waals surface area contributed by atoms with Gasteiger partial charge in [-0.05, 0) is 57.0 Å². The van der Waals surface area contributed by atoms with Crippen LogP contribution in [0.15, 0.2) is 54.7 Å². The molecule has 2 unspecified atom stereocenters. The first-order chi connectivity index (χ1) is 15.2. The molecule has 0 fully saturated rings. The first-order valence-electron chi connectivity index (χ1n) is 10.6. The zero-order chi connectivity index (χ0) is 23.3. The van der Waals surface area contributed by atoms with E-state index in [2.05, 4.69) is 21.7 Å². The van der Waals surface area contributed by atoms with Crippen LogP contribution in [-0.4, -0.2) is 42.3 Å². The second kappa shape index (κ2) is 9.77. The van der Waals surface area contributed by atoms with Crippen LogP contribution in [0.2, 0.25) is 0 Å². The fraction of sp³-hybridized carbons (Fsp3) is 0.360. The van der Waals surface area contributed by atoms with Gasteiger partial charge in [-0.1, -0.05) is 30.3 Å². The van der Waals surface area contributed by atoms with Crippen LogP contribution in [0.3, 0.4) is 0 Å². The average Bonchev–Trinajstić information content (AvgIpc) is 3.17. The number of alkyl carbamates (subject to hydrolysis) is 1. The molecule has 1 aromatic heterocycles. The summed E-state index contributed by atoms with van der Waals surface area (Å²) >= 11 is 0. The number of aromatic amines is 1. The molecule has 0 radical (unpaired) electrons. The predicted octanol–water partition coefficient (Wildman–Crippen LogP) is 4.34. The van der Waals surface area contributed by atoms with Crippen LogP contribution < -0.4 is 15.4 Å². The Morgan fingerprint density at radius 1 is 1.06 bits per heavy atom. The average molecular weight is 438 g/mol. The minimum absolute atomic E-state index is 0.0882. The molecule has 7 nitrogen and oxygen atoms in total. The minimum Gasteiger partial charge on any atom is -0.497 e. The van der Waals surface area contributed by atoms with Gasteiger partial charge in [0.15, 0.2) is 0 Å². The predicted molar refractivity (Wildman–Crippen MR) is 125 cm³/mol. The van der Waals surface area contributed by atoms with Gasteiger partial charge in [-0.2, -0.15) is 0 Å². The van der Waals surface area contributed by atoms with Gasteiger partial charge in [0.25, 0.3) is 0 Å². The third-order valence-corrected chi connectivity index (χ3v) is 5.12. The molecule has 0 aliphatic rings. The SMILES string of the molecule is COc1ccc(C(CNC(=O)C(C)NC(=O)OC(C)(C)C)c2c[nH]c3ccccc23)cc1. The van der Waals surface area contributed by atoms with Crippen molar-refractivity contribution >= 4 is 22.9 Å². The standard InChI is InChI=1S/C25H31N3O4/c1-16(28-24(30)32-25(2,3)4)23(29)27-14-20(17-10-12-18(31-5)13-11-17)21-15-26-22-9-7-6-8-19(21)22/h6-13,15-16,20,26H,14H2,1-5H3,(H,27,29)(H,28,30). The van der Waals surface area contributed by atoms with E-state index in [9.17, 15) is 9.59 Å². The van der Waals surface area contributed by atoms with E-state index in [1.165, 1.54) is 0 Å². The highest BCUT2D eigenvalue weighted by Gasteiger charge is 2.23. The van der Waals surface area contributed by atoms with Crippen molar-refractivity contribution in [1.82, 2.24) is 15.6 Å². The molecule has 2 aromatic carbocycles. The van der Waals surface area contributed by atoms with E-state index in [-0.39, 0.29) is 11.8 Å². The van der Waals surface area contributed by atoms with E-state index in [4.69, 9.17) is 9.47 Å². The Kier molecular flexibility index (Phi) is 7.08. The summed E-state index contributed by atoms with van der Waals surface area (Å²) < 4.78 is 10.5. The number of methoxy groups -OCH3 is 1. The molecule has 2 atom stereocenters. The number of hydrogen-bond donors (Lipinski definition) is 3. The lowest BCUT2D eigenvalue weighted by molar-refractivity contribution is -0.122. The third kappa shape index (κ3) is 5.81. The van der Waals surface area contributed by atoms with Crippen molar-refractivity contribution in [2.75, 3.05) is 13.7 Å². The molecular formula is C25H31N3O4. The number of carbonyl (C=O) groups is 2. The number of carbonyl (C=O) groups excluding carboxylic acids is 2. The van der Waals surface area contributed by atoms with Crippen LogP contribution in [-0.2, 0) is 9.53 Å². The van der Waals surface area contributed by atoms with Crippen LogP contribution in [0, 0.1) is 0 Å². The molecule has 32 heavy (non-hydrogen) atoms. The molecule has 0 aliphatic carbocycles. The highest BCUT2D eigenvalue weighted by Crippen LogP contribution is 2.31. The lowest BCUT2D eigenvalue weighted by atomic mass is 9.90. The molecule has 0 spiro atoms. The maximum atomic E-state index is 12.7. The molecule has 0 saturated carbocycles. The van der Waals surface area contributed by atoms with Gasteiger partial charge >= 0.3 is 6.09 Å². The number of rotatable bonds is 7. The molecule has 2 amide bonds. The van der Waals surface area contributed by atoms with Crippen LogP contribution in [0.4, 0.5) is 4.79 Å². The van der Waals surface area contributed by atoms with Gasteiger partial charge in [0, 0.05) is 29.6 Å². The Morgan fingerprint density at radius 2 is 1.75 bits per heavy atom. The lowest BCUT2D eigenvalue weighted by Crippen LogP contribution is -2.47. The van der Waals surface area contributed by atoms with Gasteiger partial charge in [0.1, 0.15) is 17.4 Å². The molecule has 7 heteroatoms. The number of aromatic nitrogens is 1. The first-order valence-corrected chi connectivity index (χ1v) is 10.6. The Labute approximate surface area is 188 Å². The number of fused-ring (bicyclic) bond motifs is 1. The summed E-state index contributed by atoms with van der Waals surface area (Å²) in [4.78, 5) is 28.0. The van der Waals surface area contributed by atoms with Gasteiger partial charge in [0.2, 0.25) is 5.91 Å². The molecule has 1 heterocycles. The number of para-hydroxylation sites is 1. The quantitative estimate of drug-likeness (QED) is 0.513. The Bertz CT molecular complexity index is 1070. The van der Waals surface area contributed by atoms with Gasteiger partial charge < -0.3 is 25.1 Å². The topological polar surface area (TPSA) is 92.5 Å². The van der Waals surface area contributed by atoms with Gasteiger partial charge in [-0.25, -0.2) is 4.79 Å². The smallest absolute Gasteiger partial charge is 0.408 e. The summed E-state index contributed by atoms with van der Waals surface area (Å²) in [6.45, 7) is 7.33. The van der Waals surface area contributed by atoms with Crippen molar-refractivity contribution in [2.24, 2.45) is 0 Å². The summed E-state index contributed by atoms with van der Waals surface area (Å²) in [6, 6.07) is 15.1. The molecule has 0 bridgehead atoms. The second-order valence-electron chi connectivity index (χ2n) is 8.73. The minimum atomic E-state index is -0.732. The molecule has 0 aliphatic heterocycles. The fourth-order valence-corrected chi connectivity index (χ4v) is 3.53. The van der Waals surface area contributed by atoms with Crippen molar-refractivity contribution in [3.05, 3.63) is 65.9 Å². The summed E-state index contributed by atoms with van der Waals surface area (Å²) in [7, 11) is 1.63. The van der Waals surface area contributed by atoms with E-state index < -0.39 is 17.7 Å². The molecule has 3 aromatic rings. The molecule has 170 valence electrons. The van der Waals surface area contributed by atoms with Crippen molar-refractivity contribution in [1.29, 1.82) is 0 Å². The van der Waals surface area contributed by atoms with E-state index in [0.29, 0.717) is 6.54 Å². The fourth-order valence-electron chi connectivity index (χ4n) is 3.53. The number of hydrogen-bond acceptors (Lipinski definition) is 4. The van der Waals surface area contributed by atoms with Gasteiger partial charge in [0.05, 0.1) is 7.11 Å². The normalized spacial score (nSPS) is 13.3. The summed E-state index contributed by atoms with van der Waals surface area (Å²) in [6.07, 6.45) is 1.36. The van der Waals surface area contributed by atoms with Crippen LogP contribution in [0.25, 0.3) is 10.9 Å². The Balaban J connectivity index is 1.77. The second-order valence-corrected chi connectivity index (χ2v) is 8.73. The van der Waals surface area contributed by atoms with Gasteiger partial charge in [-0.15, -0.1) is 0 Å². The van der Waals surface area contributed by atoms with E-state index in [1.54, 1.807) is 34.8 Å². The number of nitrogens with one attached hydrogen (secondary N) is 3. The highest BCUT2D eigenvalue weighted by atomic mass is 16.6. The van der Waals surface area contributed by atoms with E-state index in [0.717, 1.165) is 27.8 Å². The molecule has 3 rings (SSSR count). The monoisotopic (exact) mass is 437 g/mol. The largest absolute Gasteiger partial charge is 0.497 e. The molecule has 3 N–H and O–H groups in total. The van der Waals surface area contributed by atoms with Crippen molar-refractivity contribution in [3.63, 3.8) is 0 Å². The zero-order valence-corrected chi connectivity index (χ0v) is 19.2. The zero-order valence-electron chi connectivity index (χ0n) is 19.2. The van der Waals surface area contributed by atoms with Crippen molar-refractivity contribution in [2.45, 2.75) is 45.3 Å². The Morgan fingerprint density at radius 3 is 2.41 bits per heavy atom. The van der Waals surface area contributed by atoms with Crippen LogP contribution >= 0.6 is 0 Å². The van der Waals surface area contributed by atoms with Gasteiger partial charge in [-0.3, -0.25) is 4.79 Å². The first kappa shape index (κ1) is 23.2. The maximum Gasteiger partial charge on any atom is 0.408 e. The van der Waals surface area contributed by atoms with Crippen molar-refractivity contribution in [3.8, 4) is 5.75 Å². The third-order valence-electron chi connectivity index (χ3n) is 5.12. The molecule has 0 saturated heterocycles. The van der Waals surface area contributed by atoms with Crippen LogP contribution in [0.1, 0.15) is 44.7 Å². The summed E-state index contributed by atoms with van der Waals surface area (Å²) in [5, 5.41) is 6.66. The summed E-state index contributed by atoms with van der Waals surface area (Å²) in [5.74, 6) is 0.398. The Hall–Kier alpha value is -3.48. The highest BCUT2D eigenvalue weighted by molar-refractivity contribution is 5.86. The maximum absolute atomic E-state index is 12.7.